The highest BCUT2D eigenvalue weighted by atomic mass is 35.5. The molecule has 4 nitrogen and oxygen atoms in total. The van der Waals surface area contributed by atoms with Crippen LogP contribution in [0.15, 0.2) is 66.9 Å². The van der Waals surface area contributed by atoms with Crippen molar-refractivity contribution in [1.82, 2.24) is 10.3 Å². The molecule has 1 heterocycles. The van der Waals surface area contributed by atoms with Gasteiger partial charge in [0, 0.05) is 25.4 Å². The fraction of sp³-hybridized carbons (Fsp3) is 0.190. The summed E-state index contributed by atoms with van der Waals surface area (Å²) in [5.74, 6) is 1.45. The number of aromatic nitrogens is 1. The van der Waals surface area contributed by atoms with Gasteiger partial charge >= 0.3 is 0 Å². The van der Waals surface area contributed by atoms with Crippen LogP contribution in [-0.4, -0.2) is 18.1 Å². The zero-order valence-electron chi connectivity index (χ0n) is 14.7. The van der Waals surface area contributed by atoms with Crippen molar-refractivity contribution >= 4 is 23.2 Å². The molecule has 3 rings (SSSR count). The van der Waals surface area contributed by atoms with Crippen LogP contribution in [-0.2, 0) is 13.2 Å². The minimum atomic E-state index is 0.436. The largest absolute Gasteiger partial charge is 0.489 e. The highest BCUT2D eigenvalue weighted by molar-refractivity contribution is 6.42. The van der Waals surface area contributed by atoms with E-state index in [2.05, 4.69) is 16.4 Å². The van der Waals surface area contributed by atoms with Gasteiger partial charge in [-0.1, -0.05) is 47.5 Å². The van der Waals surface area contributed by atoms with Gasteiger partial charge in [-0.15, -0.1) is 0 Å². The minimum Gasteiger partial charge on any atom is -0.489 e. The third-order valence-corrected chi connectivity index (χ3v) is 4.52. The van der Waals surface area contributed by atoms with E-state index in [9.17, 15) is 0 Å². The van der Waals surface area contributed by atoms with Crippen molar-refractivity contribution < 1.29 is 9.47 Å². The molecule has 0 fully saturated rings. The quantitative estimate of drug-likeness (QED) is 0.503. The molecule has 0 atom stereocenters. The molecule has 0 aliphatic carbocycles. The lowest BCUT2D eigenvalue weighted by molar-refractivity contribution is 0.301. The molecule has 2 aromatic carbocycles. The van der Waals surface area contributed by atoms with Gasteiger partial charge in [-0.2, -0.15) is 0 Å². The minimum absolute atomic E-state index is 0.436. The maximum atomic E-state index is 6.03. The first kappa shape index (κ1) is 19.5. The topological polar surface area (TPSA) is 43.4 Å². The predicted octanol–water partition coefficient (Wildman–Crippen LogP) is 5.14. The molecule has 140 valence electrons. The standard InChI is InChI=1S/C21H20Cl2N2O2/c22-19-8-7-17(13-20(19)23)15-27-18-5-3-4-16(12-18)14-24-10-11-26-21-6-1-2-9-25-21/h1-9,12-13,24H,10-11,14-15H2. The Labute approximate surface area is 169 Å². The number of ether oxygens (including phenoxy) is 2. The van der Waals surface area contributed by atoms with Crippen LogP contribution in [0.4, 0.5) is 0 Å². The van der Waals surface area contributed by atoms with Crippen molar-refractivity contribution in [2.24, 2.45) is 0 Å². The van der Waals surface area contributed by atoms with E-state index in [1.54, 1.807) is 12.3 Å². The van der Waals surface area contributed by atoms with Crippen molar-refractivity contribution in [3.63, 3.8) is 0 Å². The van der Waals surface area contributed by atoms with E-state index in [1.807, 2.05) is 48.5 Å². The van der Waals surface area contributed by atoms with E-state index in [0.717, 1.165) is 30.0 Å². The van der Waals surface area contributed by atoms with Gasteiger partial charge in [0.1, 0.15) is 19.0 Å². The summed E-state index contributed by atoms with van der Waals surface area (Å²) in [6.45, 7) is 2.46. The molecular weight excluding hydrogens is 383 g/mol. The third-order valence-electron chi connectivity index (χ3n) is 3.78. The average molecular weight is 403 g/mol. The normalized spacial score (nSPS) is 10.6. The van der Waals surface area contributed by atoms with E-state index >= 15 is 0 Å². The monoisotopic (exact) mass is 402 g/mol. The molecule has 0 saturated carbocycles. The van der Waals surface area contributed by atoms with Crippen molar-refractivity contribution in [2.75, 3.05) is 13.2 Å². The van der Waals surface area contributed by atoms with Crippen molar-refractivity contribution in [2.45, 2.75) is 13.2 Å². The van der Waals surface area contributed by atoms with Gasteiger partial charge in [0.25, 0.3) is 0 Å². The van der Waals surface area contributed by atoms with Crippen molar-refractivity contribution in [3.8, 4) is 11.6 Å². The number of halogens is 2. The molecule has 0 radical (unpaired) electrons. The number of hydrogen-bond acceptors (Lipinski definition) is 4. The number of nitrogens with zero attached hydrogens (tertiary/aromatic N) is 1. The first-order valence-corrected chi connectivity index (χ1v) is 9.36. The lowest BCUT2D eigenvalue weighted by Crippen LogP contribution is -2.20. The fourth-order valence-corrected chi connectivity index (χ4v) is 2.75. The Kier molecular flexibility index (Phi) is 7.34. The summed E-state index contributed by atoms with van der Waals surface area (Å²) in [5.41, 5.74) is 2.11. The predicted molar refractivity (Wildman–Crippen MR) is 109 cm³/mol. The lowest BCUT2D eigenvalue weighted by atomic mass is 10.2. The summed E-state index contributed by atoms with van der Waals surface area (Å²) >= 11 is 12.0. The SMILES string of the molecule is Clc1ccc(COc2cccc(CNCCOc3ccccn3)c2)cc1Cl. The second-order valence-electron chi connectivity index (χ2n) is 5.88. The molecular formula is C21H20Cl2N2O2. The second-order valence-corrected chi connectivity index (χ2v) is 6.69. The van der Waals surface area contributed by atoms with Crippen LogP contribution in [0.3, 0.4) is 0 Å². The fourth-order valence-electron chi connectivity index (χ4n) is 2.43. The van der Waals surface area contributed by atoms with Crippen LogP contribution < -0.4 is 14.8 Å². The van der Waals surface area contributed by atoms with Crippen LogP contribution in [0.2, 0.25) is 10.0 Å². The Morgan fingerprint density at radius 2 is 1.78 bits per heavy atom. The van der Waals surface area contributed by atoms with Gasteiger partial charge in [-0.3, -0.25) is 0 Å². The van der Waals surface area contributed by atoms with Gasteiger partial charge < -0.3 is 14.8 Å². The van der Waals surface area contributed by atoms with E-state index in [0.29, 0.717) is 29.1 Å². The Morgan fingerprint density at radius 3 is 2.59 bits per heavy atom. The smallest absolute Gasteiger partial charge is 0.213 e. The molecule has 0 aliphatic rings. The first-order chi connectivity index (χ1) is 13.2. The van der Waals surface area contributed by atoms with E-state index in [4.69, 9.17) is 32.7 Å². The van der Waals surface area contributed by atoms with Crippen LogP contribution in [0.25, 0.3) is 0 Å². The second kappa shape index (κ2) is 10.2. The zero-order chi connectivity index (χ0) is 18.9. The molecule has 0 saturated heterocycles. The third kappa shape index (κ3) is 6.43. The van der Waals surface area contributed by atoms with Gasteiger partial charge in [-0.25, -0.2) is 4.98 Å². The Morgan fingerprint density at radius 1 is 0.852 bits per heavy atom. The van der Waals surface area contributed by atoms with E-state index in [1.165, 1.54) is 0 Å². The summed E-state index contributed by atoms with van der Waals surface area (Å²) in [4.78, 5) is 4.12. The number of nitrogens with one attached hydrogen (secondary N) is 1. The molecule has 0 bridgehead atoms. The molecule has 0 spiro atoms. The Bertz CT molecular complexity index is 860. The molecule has 3 aromatic rings. The highest BCUT2D eigenvalue weighted by Crippen LogP contribution is 2.23. The van der Waals surface area contributed by atoms with Crippen LogP contribution >= 0.6 is 23.2 Å². The van der Waals surface area contributed by atoms with Crippen molar-refractivity contribution in [3.05, 3.63) is 88.0 Å². The Balaban J connectivity index is 1.42. The van der Waals surface area contributed by atoms with Gasteiger partial charge in [0.2, 0.25) is 5.88 Å². The molecule has 1 aromatic heterocycles. The van der Waals surface area contributed by atoms with Crippen molar-refractivity contribution in [1.29, 1.82) is 0 Å². The highest BCUT2D eigenvalue weighted by Gasteiger charge is 2.02. The van der Waals surface area contributed by atoms with Crippen LogP contribution in [0.1, 0.15) is 11.1 Å². The molecule has 1 N–H and O–H groups in total. The molecule has 27 heavy (non-hydrogen) atoms. The lowest BCUT2D eigenvalue weighted by Gasteiger charge is -2.10. The maximum absolute atomic E-state index is 6.03. The number of benzene rings is 2. The average Bonchev–Trinajstić information content (AvgIpc) is 2.70. The summed E-state index contributed by atoms with van der Waals surface area (Å²) in [5, 5.41) is 4.42. The summed E-state index contributed by atoms with van der Waals surface area (Å²) in [7, 11) is 0. The molecule has 0 amide bonds. The molecule has 0 unspecified atom stereocenters. The maximum Gasteiger partial charge on any atom is 0.213 e. The van der Waals surface area contributed by atoms with Crippen LogP contribution in [0, 0.1) is 0 Å². The van der Waals surface area contributed by atoms with Gasteiger partial charge in [0.15, 0.2) is 0 Å². The van der Waals surface area contributed by atoms with Crippen LogP contribution in [0.5, 0.6) is 11.6 Å². The first-order valence-electron chi connectivity index (χ1n) is 8.61. The Hall–Kier alpha value is -2.27. The summed E-state index contributed by atoms with van der Waals surface area (Å²) < 4.78 is 11.4. The number of hydrogen-bond donors (Lipinski definition) is 1. The summed E-state index contributed by atoms with van der Waals surface area (Å²) in [6, 6.07) is 19.1. The summed E-state index contributed by atoms with van der Waals surface area (Å²) in [6.07, 6.45) is 1.71. The number of rotatable bonds is 9. The molecule has 0 aliphatic heterocycles. The molecule has 6 heteroatoms. The van der Waals surface area contributed by atoms with E-state index < -0.39 is 0 Å². The van der Waals surface area contributed by atoms with E-state index in [-0.39, 0.29) is 0 Å². The number of pyridine rings is 1. The zero-order valence-corrected chi connectivity index (χ0v) is 16.2. The van der Waals surface area contributed by atoms with Gasteiger partial charge in [-0.05, 0) is 41.5 Å². The van der Waals surface area contributed by atoms with Gasteiger partial charge in [0.05, 0.1) is 10.0 Å².